The molecule has 2 rings (SSSR count). The minimum Gasteiger partial charge on any atom is -0.277 e. The van der Waals surface area contributed by atoms with E-state index in [1.54, 1.807) is 0 Å². The number of urea groups is 1. The molecule has 1 N–H and O–H groups in total. The van der Waals surface area contributed by atoms with Crippen molar-refractivity contribution in [2.75, 3.05) is 6.54 Å². The van der Waals surface area contributed by atoms with Gasteiger partial charge in [-0.05, 0) is 12.8 Å². The molecule has 0 aromatic heterocycles. The minimum atomic E-state index is -4.51. The van der Waals surface area contributed by atoms with Gasteiger partial charge in [-0.25, -0.2) is 13.6 Å². The Morgan fingerprint density at radius 2 is 1.71 bits per heavy atom. The maximum atomic E-state index is 13.1. The van der Waals surface area contributed by atoms with Crippen molar-refractivity contribution in [1.29, 1.82) is 0 Å². The highest BCUT2D eigenvalue weighted by atomic mass is 19.3. The lowest BCUT2D eigenvalue weighted by Gasteiger charge is -2.41. The number of nitrogens with one attached hydrogen (secondary N) is 1. The van der Waals surface area contributed by atoms with E-state index in [-0.39, 0.29) is 17.7 Å². The number of amides is 4. The van der Waals surface area contributed by atoms with Crippen molar-refractivity contribution in [2.45, 2.75) is 44.5 Å². The van der Waals surface area contributed by atoms with E-state index in [1.165, 1.54) is 0 Å². The molecule has 2 aliphatic rings. The first-order valence-electron chi connectivity index (χ1n) is 6.54. The van der Waals surface area contributed by atoms with Gasteiger partial charge in [-0.2, -0.15) is 8.78 Å². The van der Waals surface area contributed by atoms with Gasteiger partial charge < -0.3 is 0 Å². The maximum Gasteiger partial charge on any atom is 0.330 e. The average molecular weight is 310 g/mol. The van der Waals surface area contributed by atoms with Crippen LogP contribution in [0.3, 0.4) is 0 Å². The van der Waals surface area contributed by atoms with E-state index in [4.69, 9.17) is 0 Å². The standard InChI is InChI=1S/C12H14F4N2O3/c13-7(14)12(15,16)6-18-9(20)11(4-2-1-3-5-11)8(19)17-10(18)21/h7H,1-6H2,(H,17,19,21). The highest BCUT2D eigenvalue weighted by Crippen LogP contribution is 2.40. The molecule has 1 saturated carbocycles. The summed E-state index contributed by atoms with van der Waals surface area (Å²) < 4.78 is 50.7. The number of imide groups is 2. The fourth-order valence-electron chi connectivity index (χ4n) is 2.75. The first-order chi connectivity index (χ1) is 9.70. The van der Waals surface area contributed by atoms with Crippen molar-refractivity contribution in [3.05, 3.63) is 0 Å². The molecule has 1 spiro atoms. The Labute approximate surface area is 117 Å². The molecule has 0 atom stereocenters. The molecule has 1 aliphatic carbocycles. The topological polar surface area (TPSA) is 66.5 Å². The molecule has 0 bridgehead atoms. The minimum absolute atomic E-state index is 0.0406. The zero-order valence-electron chi connectivity index (χ0n) is 11.0. The fourth-order valence-corrected chi connectivity index (χ4v) is 2.75. The van der Waals surface area contributed by atoms with E-state index < -0.39 is 42.2 Å². The Balaban J connectivity index is 2.27. The van der Waals surface area contributed by atoms with Gasteiger partial charge in [0, 0.05) is 0 Å². The molecule has 2 fully saturated rings. The number of carbonyl (C=O) groups is 3. The maximum absolute atomic E-state index is 13.1. The molecule has 0 unspecified atom stereocenters. The number of halogens is 4. The van der Waals surface area contributed by atoms with Crippen LogP contribution in [-0.2, 0) is 9.59 Å². The highest BCUT2D eigenvalue weighted by Gasteiger charge is 2.56. The zero-order chi connectivity index (χ0) is 15.8. The van der Waals surface area contributed by atoms with Crippen molar-refractivity contribution >= 4 is 17.8 Å². The quantitative estimate of drug-likeness (QED) is 0.640. The number of rotatable bonds is 3. The fraction of sp³-hybridized carbons (Fsp3) is 0.750. The summed E-state index contributed by atoms with van der Waals surface area (Å²) in [7, 11) is 0. The van der Waals surface area contributed by atoms with Gasteiger partial charge in [0.2, 0.25) is 11.8 Å². The van der Waals surface area contributed by atoms with Gasteiger partial charge in [-0.1, -0.05) is 19.3 Å². The molecule has 4 amide bonds. The van der Waals surface area contributed by atoms with Crippen molar-refractivity contribution in [1.82, 2.24) is 10.2 Å². The van der Waals surface area contributed by atoms with Gasteiger partial charge in [0.05, 0.1) is 0 Å². The number of carbonyl (C=O) groups excluding carboxylic acids is 3. The molecule has 1 saturated heterocycles. The SMILES string of the molecule is O=C1NC(=O)C2(CCCCC2)C(=O)N1CC(F)(F)C(F)F. The first-order valence-corrected chi connectivity index (χ1v) is 6.54. The highest BCUT2D eigenvalue weighted by molar-refractivity contribution is 6.19. The van der Waals surface area contributed by atoms with Crippen molar-refractivity contribution < 1.29 is 31.9 Å². The third-order valence-corrected chi connectivity index (χ3v) is 3.95. The summed E-state index contributed by atoms with van der Waals surface area (Å²) in [6.45, 7) is -1.73. The van der Waals surface area contributed by atoms with Crippen LogP contribution in [0.5, 0.6) is 0 Å². The molecule has 5 nitrogen and oxygen atoms in total. The van der Waals surface area contributed by atoms with Crippen LogP contribution >= 0.6 is 0 Å². The largest absolute Gasteiger partial charge is 0.330 e. The van der Waals surface area contributed by atoms with Crippen LogP contribution in [0.4, 0.5) is 22.4 Å². The Morgan fingerprint density at radius 1 is 1.14 bits per heavy atom. The third kappa shape index (κ3) is 2.60. The molecule has 0 radical (unpaired) electrons. The van der Waals surface area contributed by atoms with Crippen LogP contribution in [0.1, 0.15) is 32.1 Å². The summed E-state index contributed by atoms with van der Waals surface area (Å²) in [6, 6.07) is -1.37. The summed E-state index contributed by atoms with van der Waals surface area (Å²) >= 11 is 0. The van der Waals surface area contributed by atoms with Crippen molar-refractivity contribution in [2.24, 2.45) is 5.41 Å². The molecule has 21 heavy (non-hydrogen) atoms. The van der Waals surface area contributed by atoms with E-state index >= 15 is 0 Å². The Kier molecular flexibility index (Phi) is 3.94. The van der Waals surface area contributed by atoms with Crippen LogP contribution in [0, 0.1) is 5.41 Å². The average Bonchev–Trinajstić information content (AvgIpc) is 2.43. The molecule has 9 heteroatoms. The molecular weight excluding hydrogens is 296 g/mol. The van der Waals surface area contributed by atoms with Gasteiger partial charge in [0.1, 0.15) is 12.0 Å². The van der Waals surface area contributed by atoms with E-state index in [9.17, 15) is 31.9 Å². The molecule has 118 valence electrons. The summed E-state index contributed by atoms with van der Waals surface area (Å²) in [4.78, 5) is 35.8. The number of barbiturate groups is 1. The van der Waals surface area contributed by atoms with E-state index in [0.717, 1.165) is 6.42 Å². The number of hydrogen-bond donors (Lipinski definition) is 1. The lowest BCUT2D eigenvalue weighted by atomic mass is 9.71. The van der Waals surface area contributed by atoms with E-state index in [2.05, 4.69) is 0 Å². The van der Waals surface area contributed by atoms with Crippen LogP contribution in [0.2, 0.25) is 0 Å². The predicted molar refractivity (Wildman–Crippen MR) is 61.7 cm³/mol. The molecule has 0 aromatic carbocycles. The second kappa shape index (κ2) is 5.27. The zero-order valence-corrected chi connectivity index (χ0v) is 11.0. The predicted octanol–water partition coefficient (Wildman–Crippen LogP) is 1.92. The molecule has 1 aliphatic heterocycles. The van der Waals surface area contributed by atoms with Gasteiger partial charge in [-0.3, -0.25) is 19.8 Å². The summed E-state index contributed by atoms with van der Waals surface area (Å²) in [5, 5.41) is 1.83. The van der Waals surface area contributed by atoms with E-state index in [0.29, 0.717) is 12.8 Å². The molecule has 1 heterocycles. The lowest BCUT2D eigenvalue weighted by molar-refractivity contribution is -0.166. The Morgan fingerprint density at radius 3 is 2.24 bits per heavy atom. The molecular formula is C12H14F4N2O3. The number of alkyl halides is 4. The van der Waals surface area contributed by atoms with Crippen LogP contribution in [0.15, 0.2) is 0 Å². The van der Waals surface area contributed by atoms with Crippen LogP contribution in [-0.4, -0.2) is 41.6 Å². The van der Waals surface area contributed by atoms with Crippen LogP contribution in [0.25, 0.3) is 0 Å². The normalized spacial score (nSPS) is 22.9. The smallest absolute Gasteiger partial charge is 0.277 e. The van der Waals surface area contributed by atoms with Gasteiger partial charge in [-0.15, -0.1) is 0 Å². The van der Waals surface area contributed by atoms with Crippen molar-refractivity contribution in [3.8, 4) is 0 Å². The van der Waals surface area contributed by atoms with Gasteiger partial charge in [0.25, 0.3) is 0 Å². The Bertz CT molecular complexity index is 475. The van der Waals surface area contributed by atoms with Gasteiger partial charge >= 0.3 is 18.4 Å². The number of nitrogens with zero attached hydrogens (tertiary/aromatic N) is 1. The lowest BCUT2D eigenvalue weighted by Crippen LogP contribution is -2.66. The Hall–Kier alpha value is -1.67. The second-order valence-electron chi connectivity index (χ2n) is 5.36. The summed E-state index contributed by atoms with van der Waals surface area (Å²) in [5.41, 5.74) is -1.58. The van der Waals surface area contributed by atoms with Crippen molar-refractivity contribution in [3.63, 3.8) is 0 Å². The number of hydrogen-bond acceptors (Lipinski definition) is 3. The molecule has 0 aromatic rings. The first kappa shape index (κ1) is 15.7. The monoisotopic (exact) mass is 310 g/mol. The third-order valence-electron chi connectivity index (χ3n) is 3.95. The summed E-state index contributed by atoms with van der Waals surface area (Å²) in [6.07, 6.45) is -1.90. The van der Waals surface area contributed by atoms with Crippen LogP contribution < -0.4 is 5.32 Å². The second-order valence-corrected chi connectivity index (χ2v) is 5.36. The van der Waals surface area contributed by atoms with E-state index in [1.807, 2.05) is 5.32 Å². The summed E-state index contributed by atoms with van der Waals surface area (Å²) in [5.74, 6) is -6.44. The van der Waals surface area contributed by atoms with Gasteiger partial charge in [0.15, 0.2) is 0 Å².